The number of amides is 1. The van der Waals surface area contributed by atoms with Crippen LogP contribution in [0.3, 0.4) is 0 Å². The van der Waals surface area contributed by atoms with Crippen molar-refractivity contribution in [2.45, 2.75) is 75.8 Å². The SMILES string of the molecule is O=C(NC1CCCC(F)(F)C1)C(C1CCCCC1)n1c(-c2ccc(Cl)cc2)nc2ccccc21. The molecule has 2 aromatic carbocycles. The zero-order valence-corrected chi connectivity index (χ0v) is 19.9. The van der Waals surface area contributed by atoms with E-state index < -0.39 is 18.0 Å². The molecule has 7 heteroatoms. The third kappa shape index (κ3) is 4.83. The van der Waals surface area contributed by atoms with Crippen molar-refractivity contribution < 1.29 is 13.6 Å². The lowest BCUT2D eigenvalue weighted by atomic mass is 9.82. The summed E-state index contributed by atoms with van der Waals surface area (Å²) in [6, 6.07) is 14.3. The monoisotopic (exact) mass is 485 g/mol. The molecule has 4 nitrogen and oxygen atoms in total. The van der Waals surface area contributed by atoms with Crippen LogP contribution in [0.2, 0.25) is 5.02 Å². The average Bonchev–Trinajstić information content (AvgIpc) is 3.19. The summed E-state index contributed by atoms with van der Waals surface area (Å²) in [6.07, 6.45) is 5.80. The molecule has 2 unspecified atom stereocenters. The third-order valence-corrected chi connectivity index (χ3v) is 7.58. The van der Waals surface area contributed by atoms with Gasteiger partial charge in [0, 0.05) is 29.5 Å². The summed E-state index contributed by atoms with van der Waals surface area (Å²) < 4.78 is 30.2. The minimum atomic E-state index is -2.72. The lowest BCUT2D eigenvalue weighted by Gasteiger charge is -2.35. The lowest BCUT2D eigenvalue weighted by Crippen LogP contribution is -2.46. The van der Waals surface area contributed by atoms with E-state index in [1.54, 1.807) is 0 Å². The molecule has 0 bridgehead atoms. The number of para-hydroxylation sites is 2. The second kappa shape index (κ2) is 9.65. The molecule has 5 rings (SSSR count). The number of hydrogen-bond donors (Lipinski definition) is 1. The molecule has 0 aliphatic heterocycles. The number of carbonyl (C=O) groups excluding carboxylic acids is 1. The van der Waals surface area contributed by atoms with Gasteiger partial charge in [-0.25, -0.2) is 13.8 Å². The Kier molecular flexibility index (Phi) is 6.61. The van der Waals surface area contributed by atoms with Crippen molar-refractivity contribution in [3.8, 4) is 11.4 Å². The lowest BCUT2D eigenvalue weighted by molar-refractivity contribution is -0.128. The molecule has 0 saturated heterocycles. The van der Waals surface area contributed by atoms with Crippen LogP contribution >= 0.6 is 11.6 Å². The highest BCUT2D eigenvalue weighted by atomic mass is 35.5. The van der Waals surface area contributed by atoms with Crippen LogP contribution in [0.4, 0.5) is 8.78 Å². The first-order valence-corrected chi connectivity index (χ1v) is 12.7. The van der Waals surface area contributed by atoms with Crippen LogP contribution in [-0.2, 0) is 4.79 Å². The molecule has 34 heavy (non-hydrogen) atoms. The highest BCUT2D eigenvalue weighted by Crippen LogP contribution is 2.39. The van der Waals surface area contributed by atoms with Gasteiger partial charge in [-0.1, -0.05) is 43.0 Å². The van der Waals surface area contributed by atoms with Gasteiger partial charge >= 0.3 is 0 Å². The summed E-state index contributed by atoms with van der Waals surface area (Å²) in [5.74, 6) is -2.06. The van der Waals surface area contributed by atoms with Gasteiger partial charge in [0.25, 0.3) is 0 Å². The molecule has 2 aliphatic carbocycles. The number of nitrogens with one attached hydrogen (secondary N) is 1. The largest absolute Gasteiger partial charge is 0.351 e. The fourth-order valence-corrected chi connectivity index (χ4v) is 5.83. The maximum atomic E-state index is 14.1. The molecule has 0 radical (unpaired) electrons. The number of alkyl halides is 2. The van der Waals surface area contributed by atoms with Crippen molar-refractivity contribution in [1.82, 2.24) is 14.9 Å². The van der Waals surface area contributed by atoms with Crippen molar-refractivity contribution in [3.05, 3.63) is 53.6 Å². The zero-order valence-electron chi connectivity index (χ0n) is 19.2. The van der Waals surface area contributed by atoms with Crippen molar-refractivity contribution in [3.63, 3.8) is 0 Å². The molecule has 3 aromatic rings. The van der Waals surface area contributed by atoms with E-state index >= 15 is 0 Å². The quantitative estimate of drug-likeness (QED) is 0.416. The summed E-state index contributed by atoms with van der Waals surface area (Å²) >= 11 is 6.13. The van der Waals surface area contributed by atoms with Crippen molar-refractivity contribution in [2.75, 3.05) is 0 Å². The normalized spacial score (nSPS) is 21.9. The number of hydrogen-bond acceptors (Lipinski definition) is 2. The molecular formula is C27H30ClF2N3O. The molecule has 1 N–H and O–H groups in total. The molecule has 2 atom stereocenters. The fourth-order valence-electron chi connectivity index (χ4n) is 5.70. The molecule has 2 fully saturated rings. The van der Waals surface area contributed by atoms with Crippen LogP contribution < -0.4 is 5.32 Å². The van der Waals surface area contributed by atoms with Gasteiger partial charge in [-0.15, -0.1) is 0 Å². The van der Waals surface area contributed by atoms with E-state index in [4.69, 9.17) is 16.6 Å². The van der Waals surface area contributed by atoms with Crippen molar-refractivity contribution in [1.29, 1.82) is 0 Å². The van der Waals surface area contributed by atoms with Crippen LogP contribution in [-0.4, -0.2) is 27.4 Å². The molecular weight excluding hydrogens is 456 g/mol. The molecule has 2 saturated carbocycles. The maximum absolute atomic E-state index is 14.1. The highest BCUT2D eigenvalue weighted by molar-refractivity contribution is 6.30. The number of rotatable bonds is 5. The Morgan fingerprint density at radius 2 is 1.76 bits per heavy atom. The highest BCUT2D eigenvalue weighted by Gasteiger charge is 2.39. The van der Waals surface area contributed by atoms with E-state index in [1.165, 1.54) is 0 Å². The third-order valence-electron chi connectivity index (χ3n) is 7.33. The number of halogens is 3. The number of aromatic nitrogens is 2. The fraction of sp³-hybridized carbons (Fsp3) is 0.481. The molecule has 2 aliphatic rings. The number of benzene rings is 2. The zero-order chi connectivity index (χ0) is 23.7. The van der Waals surface area contributed by atoms with Crippen LogP contribution in [0.25, 0.3) is 22.4 Å². The van der Waals surface area contributed by atoms with E-state index in [1.807, 2.05) is 53.1 Å². The van der Waals surface area contributed by atoms with E-state index in [0.29, 0.717) is 23.7 Å². The number of carbonyl (C=O) groups is 1. The van der Waals surface area contributed by atoms with Gasteiger partial charge in [0.2, 0.25) is 11.8 Å². The standard InChI is InChI=1S/C27H30ClF2N3O/c28-20-14-12-19(13-15-20)25-32-22-10-4-5-11-23(22)33(25)24(18-7-2-1-3-8-18)26(34)31-21-9-6-16-27(29,30)17-21/h4-5,10-15,18,21,24H,1-3,6-9,16-17H2,(H,31,34). The van der Waals surface area contributed by atoms with E-state index in [0.717, 1.165) is 48.7 Å². The number of fused-ring (bicyclic) bond motifs is 1. The second-order valence-electron chi connectivity index (χ2n) is 9.80. The Bertz CT molecular complexity index is 1150. The minimum Gasteiger partial charge on any atom is -0.351 e. The number of imidazole rings is 1. The van der Waals surface area contributed by atoms with Gasteiger partial charge < -0.3 is 9.88 Å². The average molecular weight is 486 g/mol. The maximum Gasteiger partial charge on any atom is 0.250 e. The first-order chi connectivity index (χ1) is 16.4. The van der Waals surface area contributed by atoms with Crippen LogP contribution in [0.5, 0.6) is 0 Å². The van der Waals surface area contributed by atoms with Gasteiger partial charge in [0.1, 0.15) is 11.9 Å². The summed E-state index contributed by atoms with van der Waals surface area (Å²) in [6.45, 7) is 0. The van der Waals surface area contributed by atoms with E-state index in [9.17, 15) is 13.6 Å². The summed E-state index contributed by atoms with van der Waals surface area (Å²) in [5.41, 5.74) is 2.57. The first kappa shape index (κ1) is 23.3. The summed E-state index contributed by atoms with van der Waals surface area (Å²) in [7, 11) is 0. The molecule has 1 heterocycles. The minimum absolute atomic E-state index is 0.0989. The molecule has 0 spiro atoms. The van der Waals surface area contributed by atoms with Crippen molar-refractivity contribution >= 4 is 28.5 Å². The smallest absolute Gasteiger partial charge is 0.250 e. The molecule has 180 valence electrons. The second-order valence-corrected chi connectivity index (χ2v) is 10.2. The Hall–Kier alpha value is -2.47. The van der Waals surface area contributed by atoms with Gasteiger partial charge in [0.15, 0.2) is 0 Å². The Morgan fingerprint density at radius 3 is 2.50 bits per heavy atom. The van der Waals surface area contributed by atoms with Gasteiger partial charge in [-0.05, 0) is 68.0 Å². The predicted octanol–water partition coefficient (Wildman–Crippen LogP) is 7.17. The van der Waals surface area contributed by atoms with Gasteiger partial charge in [0.05, 0.1) is 11.0 Å². The topological polar surface area (TPSA) is 46.9 Å². The van der Waals surface area contributed by atoms with E-state index in [-0.39, 0.29) is 24.7 Å². The Labute approximate surface area is 203 Å². The van der Waals surface area contributed by atoms with Crippen LogP contribution in [0, 0.1) is 5.92 Å². The van der Waals surface area contributed by atoms with E-state index in [2.05, 4.69) is 5.32 Å². The van der Waals surface area contributed by atoms with Crippen LogP contribution in [0.1, 0.15) is 63.8 Å². The Morgan fingerprint density at radius 1 is 1.03 bits per heavy atom. The molecule has 1 aromatic heterocycles. The van der Waals surface area contributed by atoms with Crippen molar-refractivity contribution in [2.24, 2.45) is 5.92 Å². The Balaban J connectivity index is 1.58. The predicted molar refractivity (Wildman–Crippen MR) is 131 cm³/mol. The number of nitrogens with zero attached hydrogens (tertiary/aromatic N) is 2. The van der Waals surface area contributed by atoms with Gasteiger partial charge in [-0.3, -0.25) is 4.79 Å². The summed E-state index contributed by atoms with van der Waals surface area (Å²) in [5, 5.41) is 3.65. The first-order valence-electron chi connectivity index (χ1n) is 12.3. The van der Waals surface area contributed by atoms with Gasteiger partial charge in [-0.2, -0.15) is 0 Å². The summed E-state index contributed by atoms with van der Waals surface area (Å²) in [4.78, 5) is 18.8. The molecule has 1 amide bonds. The van der Waals surface area contributed by atoms with Crippen LogP contribution in [0.15, 0.2) is 48.5 Å².